The maximum absolute atomic E-state index is 12.7. The first-order valence-electron chi connectivity index (χ1n) is 5.90. The van der Waals surface area contributed by atoms with Crippen LogP contribution in [-0.4, -0.2) is 20.0 Å². The standard InChI is InChI=1S/C15H15FN2O/c1-18(2)14-9-3-11(4-10-14)15(19)17-13-7-5-12(16)6-8-13/h3-10H,1-2H3,(H,17,19). The summed E-state index contributed by atoms with van der Waals surface area (Å²) >= 11 is 0. The quantitative estimate of drug-likeness (QED) is 0.917. The monoisotopic (exact) mass is 258 g/mol. The Hall–Kier alpha value is -2.36. The average Bonchev–Trinajstić information content (AvgIpc) is 2.41. The van der Waals surface area contributed by atoms with Crippen LogP contribution in [-0.2, 0) is 0 Å². The highest BCUT2D eigenvalue weighted by atomic mass is 19.1. The summed E-state index contributed by atoms with van der Waals surface area (Å²) in [7, 11) is 3.88. The van der Waals surface area contributed by atoms with Gasteiger partial charge >= 0.3 is 0 Å². The van der Waals surface area contributed by atoms with Crippen molar-refractivity contribution >= 4 is 17.3 Å². The van der Waals surface area contributed by atoms with E-state index in [0.717, 1.165) is 5.69 Å². The molecule has 1 N–H and O–H groups in total. The Labute approximate surface area is 111 Å². The van der Waals surface area contributed by atoms with Crippen LogP contribution in [0.3, 0.4) is 0 Å². The lowest BCUT2D eigenvalue weighted by molar-refractivity contribution is 0.102. The zero-order valence-corrected chi connectivity index (χ0v) is 10.9. The smallest absolute Gasteiger partial charge is 0.255 e. The van der Waals surface area contributed by atoms with Crippen molar-refractivity contribution in [3.8, 4) is 0 Å². The molecular weight excluding hydrogens is 243 g/mol. The van der Waals surface area contributed by atoms with Gasteiger partial charge in [-0.05, 0) is 48.5 Å². The van der Waals surface area contributed by atoms with Crippen LogP contribution >= 0.6 is 0 Å². The molecule has 0 spiro atoms. The van der Waals surface area contributed by atoms with Crippen molar-refractivity contribution in [2.75, 3.05) is 24.3 Å². The molecule has 98 valence electrons. The molecule has 3 nitrogen and oxygen atoms in total. The number of hydrogen-bond donors (Lipinski definition) is 1. The maximum atomic E-state index is 12.7. The largest absolute Gasteiger partial charge is 0.378 e. The van der Waals surface area contributed by atoms with Gasteiger partial charge in [0, 0.05) is 31.0 Å². The molecule has 0 aliphatic rings. The van der Waals surface area contributed by atoms with Crippen LogP contribution in [0, 0.1) is 5.82 Å². The first-order valence-corrected chi connectivity index (χ1v) is 5.90. The number of rotatable bonds is 3. The van der Waals surface area contributed by atoms with E-state index in [1.165, 1.54) is 24.3 Å². The second kappa shape index (κ2) is 5.52. The first kappa shape index (κ1) is 13.1. The molecule has 0 bridgehead atoms. The van der Waals surface area contributed by atoms with Crippen molar-refractivity contribution in [3.05, 3.63) is 59.9 Å². The van der Waals surface area contributed by atoms with Gasteiger partial charge in [0.2, 0.25) is 0 Å². The van der Waals surface area contributed by atoms with E-state index in [9.17, 15) is 9.18 Å². The zero-order valence-electron chi connectivity index (χ0n) is 10.9. The van der Waals surface area contributed by atoms with Gasteiger partial charge in [-0.25, -0.2) is 4.39 Å². The molecule has 0 radical (unpaired) electrons. The molecule has 0 aromatic heterocycles. The summed E-state index contributed by atoms with van der Waals surface area (Å²) < 4.78 is 12.7. The minimum atomic E-state index is -0.326. The summed E-state index contributed by atoms with van der Waals surface area (Å²) in [5.41, 5.74) is 2.16. The molecule has 0 saturated heterocycles. The van der Waals surface area contributed by atoms with Crippen molar-refractivity contribution in [2.24, 2.45) is 0 Å². The summed E-state index contributed by atoms with van der Waals surface area (Å²) in [4.78, 5) is 13.9. The lowest BCUT2D eigenvalue weighted by Crippen LogP contribution is -2.13. The van der Waals surface area contributed by atoms with Gasteiger partial charge in [-0.3, -0.25) is 4.79 Å². The molecule has 0 aliphatic carbocycles. The minimum absolute atomic E-state index is 0.211. The van der Waals surface area contributed by atoms with Gasteiger partial charge in [0.15, 0.2) is 0 Å². The van der Waals surface area contributed by atoms with E-state index in [2.05, 4.69) is 5.32 Å². The molecule has 4 heteroatoms. The molecule has 19 heavy (non-hydrogen) atoms. The summed E-state index contributed by atoms with van der Waals surface area (Å²) in [5.74, 6) is -0.537. The second-order valence-corrected chi connectivity index (χ2v) is 4.40. The molecule has 2 aromatic rings. The Morgan fingerprint density at radius 1 is 1.00 bits per heavy atom. The molecule has 1 amide bonds. The van der Waals surface area contributed by atoms with Gasteiger partial charge in [0.25, 0.3) is 5.91 Å². The third kappa shape index (κ3) is 3.31. The number of nitrogens with one attached hydrogen (secondary N) is 1. The number of benzene rings is 2. The van der Waals surface area contributed by atoms with E-state index in [4.69, 9.17) is 0 Å². The van der Waals surface area contributed by atoms with Crippen LogP contribution < -0.4 is 10.2 Å². The van der Waals surface area contributed by atoms with Crippen molar-refractivity contribution in [1.29, 1.82) is 0 Å². The second-order valence-electron chi connectivity index (χ2n) is 4.40. The Kier molecular flexibility index (Phi) is 3.80. The third-order valence-corrected chi connectivity index (χ3v) is 2.75. The number of halogens is 1. The van der Waals surface area contributed by atoms with Gasteiger partial charge in [-0.2, -0.15) is 0 Å². The first-order chi connectivity index (χ1) is 9.06. The summed E-state index contributed by atoms with van der Waals surface area (Å²) in [5, 5.41) is 2.71. The van der Waals surface area contributed by atoms with Gasteiger partial charge in [-0.1, -0.05) is 0 Å². The molecule has 0 saturated carbocycles. The maximum Gasteiger partial charge on any atom is 0.255 e. The SMILES string of the molecule is CN(C)c1ccc(C(=O)Nc2ccc(F)cc2)cc1. The molecule has 0 atom stereocenters. The summed E-state index contributed by atoms with van der Waals surface area (Å²) in [6, 6.07) is 12.9. The van der Waals surface area contributed by atoms with Gasteiger partial charge in [0.1, 0.15) is 5.82 Å². The molecular formula is C15H15FN2O. The number of carbonyl (C=O) groups is 1. The fourth-order valence-electron chi connectivity index (χ4n) is 1.65. The van der Waals surface area contributed by atoms with E-state index < -0.39 is 0 Å². The van der Waals surface area contributed by atoms with Gasteiger partial charge < -0.3 is 10.2 Å². The van der Waals surface area contributed by atoms with Gasteiger partial charge in [-0.15, -0.1) is 0 Å². The van der Waals surface area contributed by atoms with Gasteiger partial charge in [0.05, 0.1) is 0 Å². The van der Waals surface area contributed by atoms with E-state index in [-0.39, 0.29) is 11.7 Å². The molecule has 0 unspecified atom stereocenters. The molecule has 2 rings (SSSR count). The average molecular weight is 258 g/mol. The Morgan fingerprint density at radius 2 is 1.58 bits per heavy atom. The van der Waals surface area contributed by atoms with Crippen molar-refractivity contribution in [2.45, 2.75) is 0 Å². The Balaban J connectivity index is 2.09. The Morgan fingerprint density at radius 3 is 2.11 bits per heavy atom. The van der Waals surface area contributed by atoms with Crippen LogP contribution in [0.15, 0.2) is 48.5 Å². The molecule has 0 fully saturated rings. The minimum Gasteiger partial charge on any atom is -0.378 e. The fraction of sp³-hybridized carbons (Fsp3) is 0.133. The third-order valence-electron chi connectivity index (χ3n) is 2.75. The molecule has 2 aromatic carbocycles. The summed E-state index contributed by atoms with van der Waals surface area (Å²) in [6.07, 6.45) is 0. The van der Waals surface area contributed by atoms with Crippen LogP contribution in [0.2, 0.25) is 0 Å². The van der Waals surface area contributed by atoms with Crippen LogP contribution in [0.25, 0.3) is 0 Å². The Bertz CT molecular complexity index is 562. The van der Waals surface area contributed by atoms with E-state index in [1.807, 2.05) is 31.1 Å². The topological polar surface area (TPSA) is 32.3 Å². The van der Waals surface area contributed by atoms with E-state index >= 15 is 0 Å². The zero-order chi connectivity index (χ0) is 13.8. The van der Waals surface area contributed by atoms with Crippen molar-refractivity contribution in [3.63, 3.8) is 0 Å². The lowest BCUT2D eigenvalue weighted by Gasteiger charge is -2.12. The number of anilines is 2. The summed E-state index contributed by atoms with van der Waals surface area (Å²) in [6.45, 7) is 0. The fourth-order valence-corrected chi connectivity index (χ4v) is 1.65. The van der Waals surface area contributed by atoms with E-state index in [1.54, 1.807) is 12.1 Å². The van der Waals surface area contributed by atoms with Crippen molar-refractivity contribution < 1.29 is 9.18 Å². The van der Waals surface area contributed by atoms with E-state index in [0.29, 0.717) is 11.3 Å². The molecule has 0 heterocycles. The van der Waals surface area contributed by atoms with Crippen molar-refractivity contribution in [1.82, 2.24) is 0 Å². The number of nitrogens with zero attached hydrogens (tertiary/aromatic N) is 1. The predicted molar refractivity (Wildman–Crippen MR) is 75.1 cm³/mol. The molecule has 0 aliphatic heterocycles. The van der Waals surface area contributed by atoms with Crippen LogP contribution in [0.1, 0.15) is 10.4 Å². The highest BCUT2D eigenvalue weighted by molar-refractivity contribution is 6.04. The lowest BCUT2D eigenvalue weighted by atomic mass is 10.2. The van der Waals surface area contributed by atoms with Crippen LogP contribution in [0.4, 0.5) is 15.8 Å². The highest BCUT2D eigenvalue weighted by Crippen LogP contribution is 2.14. The number of carbonyl (C=O) groups excluding carboxylic acids is 1. The normalized spacial score (nSPS) is 10.1. The highest BCUT2D eigenvalue weighted by Gasteiger charge is 2.06. The number of amides is 1. The van der Waals surface area contributed by atoms with Crippen LogP contribution in [0.5, 0.6) is 0 Å². The predicted octanol–water partition coefficient (Wildman–Crippen LogP) is 3.14. The number of hydrogen-bond acceptors (Lipinski definition) is 2.